The zero-order valence-electron chi connectivity index (χ0n) is 10.7. The van der Waals surface area contributed by atoms with Crippen molar-refractivity contribution in [1.29, 1.82) is 0 Å². The summed E-state index contributed by atoms with van der Waals surface area (Å²) in [5.74, 6) is -2.56. The third kappa shape index (κ3) is 2.93. The zero-order valence-corrected chi connectivity index (χ0v) is 10.7. The predicted octanol–water partition coefficient (Wildman–Crippen LogP) is 3.55. The van der Waals surface area contributed by atoms with Crippen molar-refractivity contribution in [2.75, 3.05) is 0 Å². The van der Waals surface area contributed by atoms with Crippen LogP contribution in [0.25, 0.3) is 0 Å². The first-order valence-corrected chi connectivity index (χ1v) is 5.88. The Morgan fingerprint density at radius 2 is 2.00 bits per heavy atom. The molecule has 0 aliphatic rings. The molecule has 3 nitrogen and oxygen atoms in total. The van der Waals surface area contributed by atoms with E-state index in [0.717, 1.165) is 12.1 Å². The first-order valence-electron chi connectivity index (χ1n) is 5.88. The van der Waals surface area contributed by atoms with Crippen LogP contribution in [0.4, 0.5) is 8.78 Å². The van der Waals surface area contributed by atoms with Crippen LogP contribution < -0.4 is 4.74 Å². The van der Waals surface area contributed by atoms with Gasteiger partial charge in [-0.2, -0.15) is 0 Å². The Labute approximate surface area is 114 Å². The van der Waals surface area contributed by atoms with E-state index in [-0.39, 0.29) is 12.4 Å². The van der Waals surface area contributed by atoms with Crippen LogP contribution in [-0.2, 0) is 6.61 Å². The first-order chi connectivity index (χ1) is 9.49. The summed E-state index contributed by atoms with van der Waals surface area (Å²) in [6.07, 6.45) is 0. The van der Waals surface area contributed by atoms with Gasteiger partial charge in [-0.25, -0.2) is 13.6 Å². The number of hydrogen-bond donors (Lipinski definition) is 1. The largest absolute Gasteiger partial charge is 0.486 e. The number of ether oxygens (including phenoxy) is 1. The predicted molar refractivity (Wildman–Crippen MR) is 68.8 cm³/mol. The average Bonchev–Trinajstić information content (AvgIpc) is 2.40. The molecule has 0 spiro atoms. The minimum absolute atomic E-state index is 0.0445. The van der Waals surface area contributed by atoms with Crippen molar-refractivity contribution in [3.05, 3.63) is 64.7 Å². The van der Waals surface area contributed by atoms with E-state index >= 15 is 0 Å². The number of aryl methyl sites for hydroxylation is 1. The van der Waals surface area contributed by atoms with Gasteiger partial charge in [0.2, 0.25) is 0 Å². The van der Waals surface area contributed by atoms with Gasteiger partial charge in [0, 0.05) is 0 Å². The van der Waals surface area contributed by atoms with Gasteiger partial charge in [0.05, 0.1) is 5.56 Å². The molecular weight excluding hydrogens is 266 g/mol. The fourth-order valence-corrected chi connectivity index (χ4v) is 1.71. The summed E-state index contributed by atoms with van der Waals surface area (Å²) >= 11 is 0. The van der Waals surface area contributed by atoms with Gasteiger partial charge in [-0.05, 0) is 36.2 Å². The lowest BCUT2D eigenvalue weighted by Crippen LogP contribution is -2.03. The standard InChI is InChI=1S/C15H12F2O3/c1-9-3-2-4-13(14(9)17)20-8-10-5-6-11(15(18)19)12(16)7-10/h2-7H,8H2,1H3,(H,18,19). The van der Waals surface area contributed by atoms with Crippen LogP contribution in [0.2, 0.25) is 0 Å². The summed E-state index contributed by atoms with van der Waals surface area (Å²) in [6, 6.07) is 8.40. The van der Waals surface area contributed by atoms with E-state index in [1.54, 1.807) is 19.1 Å². The second-order valence-electron chi connectivity index (χ2n) is 4.30. The van der Waals surface area contributed by atoms with Crippen LogP contribution in [0.1, 0.15) is 21.5 Å². The molecule has 0 aliphatic carbocycles. The van der Waals surface area contributed by atoms with Gasteiger partial charge in [-0.1, -0.05) is 18.2 Å². The summed E-state index contributed by atoms with van der Waals surface area (Å²) in [5, 5.41) is 8.71. The molecule has 0 bridgehead atoms. The lowest BCUT2D eigenvalue weighted by Gasteiger charge is -2.09. The van der Waals surface area contributed by atoms with Crippen molar-refractivity contribution >= 4 is 5.97 Å². The molecule has 0 saturated carbocycles. The first kappa shape index (κ1) is 14.0. The molecule has 0 fully saturated rings. The average molecular weight is 278 g/mol. The van der Waals surface area contributed by atoms with Crippen LogP contribution >= 0.6 is 0 Å². The van der Waals surface area contributed by atoms with Crippen LogP contribution in [0.5, 0.6) is 5.75 Å². The van der Waals surface area contributed by atoms with Crippen molar-refractivity contribution in [2.45, 2.75) is 13.5 Å². The zero-order chi connectivity index (χ0) is 14.7. The lowest BCUT2D eigenvalue weighted by atomic mass is 10.1. The Balaban J connectivity index is 2.13. The third-order valence-electron chi connectivity index (χ3n) is 2.81. The van der Waals surface area contributed by atoms with Crippen LogP contribution in [0.3, 0.4) is 0 Å². The maximum atomic E-state index is 13.7. The third-order valence-corrected chi connectivity index (χ3v) is 2.81. The summed E-state index contributed by atoms with van der Waals surface area (Å²) in [4.78, 5) is 10.7. The van der Waals surface area contributed by atoms with Gasteiger partial charge >= 0.3 is 5.97 Å². The topological polar surface area (TPSA) is 46.5 Å². The molecule has 0 unspecified atom stereocenters. The molecule has 2 rings (SSSR count). The molecule has 0 heterocycles. The molecule has 2 aromatic rings. The second-order valence-corrected chi connectivity index (χ2v) is 4.30. The normalized spacial score (nSPS) is 10.3. The second kappa shape index (κ2) is 5.69. The number of aromatic carboxylic acids is 1. The number of carboxylic acids is 1. The Kier molecular flexibility index (Phi) is 3.98. The van der Waals surface area contributed by atoms with E-state index < -0.39 is 23.2 Å². The molecule has 1 N–H and O–H groups in total. The fraction of sp³-hybridized carbons (Fsp3) is 0.133. The molecule has 20 heavy (non-hydrogen) atoms. The molecule has 0 amide bonds. The summed E-state index contributed by atoms with van der Waals surface area (Å²) in [7, 11) is 0. The Bertz CT molecular complexity index is 654. The highest BCUT2D eigenvalue weighted by molar-refractivity contribution is 5.87. The molecule has 5 heteroatoms. The lowest BCUT2D eigenvalue weighted by molar-refractivity contribution is 0.0692. The van der Waals surface area contributed by atoms with Crippen molar-refractivity contribution in [3.8, 4) is 5.75 Å². The van der Waals surface area contributed by atoms with Gasteiger partial charge in [-0.3, -0.25) is 0 Å². The molecule has 0 radical (unpaired) electrons. The molecule has 0 aromatic heterocycles. The molecular formula is C15H12F2O3. The van der Waals surface area contributed by atoms with Crippen molar-refractivity contribution in [3.63, 3.8) is 0 Å². The minimum atomic E-state index is -1.33. The maximum absolute atomic E-state index is 13.7. The number of benzene rings is 2. The monoisotopic (exact) mass is 278 g/mol. The smallest absolute Gasteiger partial charge is 0.338 e. The number of hydrogen-bond acceptors (Lipinski definition) is 2. The molecule has 104 valence electrons. The number of carbonyl (C=O) groups is 1. The van der Waals surface area contributed by atoms with Gasteiger partial charge in [-0.15, -0.1) is 0 Å². The molecule has 0 aliphatic heterocycles. The quantitative estimate of drug-likeness (QED) is 0.930. The Hall–Kier alpha value is -2.43. The summed E-state index contributed by atoms with van der Waals surface area (Å²) < 4.78 is 32.4. The van der Waals surface area contributed by atoms with E-state index in [1.807, 2.05) is 0 Å². The molecule has 0 atom stereocenters. The van der Waals surface area contributed by atoms with E-state index in [2.05, 4.69) is 0 Å². The Morgan fingerprint density at radius 1 is 1.25 bits per heavy atom. The maximum Gasteiger partial charge on any atom is 0.338 e. The van der Waals surface area contributed by atoms with E-state index in [1.165, 1.54) is 12.1 Å². The van der Waals surface area contributed by atoms with Crippen molar-refractivity contribution < 1.29 is 23.4 Å². The molecule has 0 saturated heterocycles. The van der Waals surface area contributed by atoms with E-state index in [9.17, 15) is 13.6 Å². The Morgan fingerprint density at radius 3 is 2.65 bits per heavy atom. The number of rotatable bonds is 4. The highest BCUT2D eigenvalue weighted by Crippen LogP contribution is 2.21. The summed E-state index contributed by atoms with van der Waals surface area (Å²) in [6.45, 7) is 1.57. The van der Waals surface area contributed by atoms with Crippen LogP contribution in [0, 0.1) is 18.6 Å². The minimum Gasteiger partial charge on any atom is -0.486 e. The van der Waals surface area contributed by atoms with Gasteiger partial charge in [0.25, 0.3) is 0 Å². The number of carboxylic acid groups (broad SMARTS) is 1. The van der Waals surface area contributed by atoms with Crippen LogP contribution in [0.15, 0.2) is 36.4 Å². The summed E-state index contributed by atoms with van der Waals surface area (Å²) in [5.41, 5.74) is 0.471. The van der Waals surface area contributed by atoms with E-state index in [0.29, 0.717) is 11.1 Å². The highest BCUT2D eigenvalue weighted by Gasteiger charge is 2.11. The SMILES string of the molecule is Cc1cccc(OCc2ccc(C(=O)O)c(F)c2)c1F. The van der Waals surface area contributed by atoms with Crippen LogP contribution in [-0.4, -0.2) is 11.1 Å². The van der Waals surface area contributed by atoms with E-state index in [4.69, 9.17) is 9.84 Å². The fourth-order valence-electron chi connectivity index (χ4n) is 1.71. The van der Waals surface area contributed by atoms with Gasteiger partial charge < -0.3 is 9.84 Å². The van der Waals surface area contributed by atoms with Crippen molar-refractivity contribution in [1.82, 2.24) is 0 Å². The molecule has 2 aromatic carbocycles. The van der Waals surface area contributed by atoms with Gasteiger partial charge in [0.15, 0.2) is 11.6 Å². The van der Waals surface area contributed by atoms with Crippen molar-refractivity contribution in [2.24, 2.45) is 0 Å². The highest BCUT2D eigenvalue weighted by atomic mass is 19.1. The number of halogens is 2. The van der Waals surface area contributed by atoms with Gasteiger partial charge in [0.1, 0.15) is 12.4 Å².